The molecule has 6 heteroatoms. The van der Waals surface area contributed by atoms with E-state index in [0.717, 1.165) is 6.54 Å². The summed E-state index contributed by atoms with van der Waals surface area (Å²) in [4.78, 5) is 22.1. The Hall–Kier alpha value is -1.14. The van der Waals surface area contributed by atoms with Crippen molar-refractivity contribution in [3.05, 3.63) is 0 Å². The Balaban J connectivity index is 2.12. The van der Waals surface area contributed by atoms with E-state index >= 15 is 0 Å². The van der Waals surface area contributed by atoms with E-state index in [0.29, 0.717) is 32.5 Å². The molecule has 0 aromatic rings. The Labute approximate surface area is 107 Å². The van der Waals surface area contributed by atoms with Crippen molar-refractivity contribution in [1.29, 1.82) is 0 Å². The fourth-order valence-electron chi connectivity index (χ4n) is 1.94. The molecular formula is C12H22N2O4. The van der Waals surface area contributed by atoms with E-state index in [2.05, 4.69) is 10.6 Å². The lowest BCUT2D eigenvalue weighted by Gasteiger charge is -2.24. The second-order valence-electron chi connectivity index (χ2n) is 4.68. The minimum Gasteiger partial charge on any atom is -0.481 e. The predicted octanol–water partition coefficient (Wildman–Crippen LogP) is 0.125. The quantitative estimate of drug-likeness (QED) is 0.604. The minimum absolute atomic E-state index is 0.0131. The summed E-state index contributed by atoms with van der Waals surface area (Å²) < 4.78 is 5.27. The number of rotatable bonds is 7. The average molecular weight is 258 g/mol. The van der Waals surface area contributed by atoms with Gasteiger partial charge in [-0.3, -0.25) is 9.59 Å². The first-order chi connectivity index (χ1) is 8.58. The zero-order chi connectivity index (χ0) is 13.4. The largest absolute Gasteiger partial charge is 0.481 e. The lowest BCUT2D eigenvalue weighted by Crippen LogP contribution is -2.45. The Morgan fingerprint density at radius 2 is 2.33 bits per heavy atom. The lowest BCUT2D eigenvalue weighted by atomic mass is 10.1. The van der Waals surface area contributed by atoms with E-state index in [-0.39, 0.29) is 24.4 Å². The maximum Gasteiger partial charge on any atom is 0.303 e. The number of morpholine rings is 1. The van der Waals surface area contributed by atoms with Crippen LogP contribution in [0, 0.1) is 0 Å². The summed E-state index contributed by atoms with van der Waals surface area (Å²) in [5.41, 5.74) is 0. The van der Waals surface area contributed by atoms with Gasteiger partial charge >= 0.3 is 5.97 Å². The molecule has 6 nitrogen and oxygen atoms in total. The first kappa shape index (κ1) is 14.9. The van der Waals surface area contributed by atoms with Crippen LogP contribution in [0.5, 0.6) is 0 Å². The highest BCUT2D eigenvalue weighted by Gasteiger charge is 2.17. The number of hydrogen-bond acceptors (Lipinski definition) is 4. The third kappa shape index (κ3) is 6.56. The molecule has 0 radical (unpaired) electrons. The second kappa shape index (κ2) is 8.05. The van der Waals surface area contributed by atoms with Gasteiger partial charge in [0.15, 0.2) is 0 Å². The Morgan fingerprint density at radius 1 is 1.56 bits per heavy atom. The van der Waals surface area contributed by atoms with Crippen molar-refractivity contribution in [1.82, 2.24) is 10.6 Å². The summed E-state index contributed by atoms with van der Waals surface area (Å²) in [6.45, 7) is 3.95. The number of amides is 1. The van der Waals surface area contributed by atoms with Crippen LogP contribution < -0.4 is 10.6 Å². The summed E-state index contributed by atoms with van der Waals surface area (Å²) in [5, 5.41) is 14.6. The summed E-state index contributed by atoms with van der Waals surface area (Å²) in [6, 6.07) is 0.103. The third-order valence-electron chi connectivity index (χ3n) is 2.87. The number of carbonyl (C=O) groups excluding carboxylic acids is 1. The molecule has 2 unspecified atom stereocenters. The number of nitrogens with one attached hydrogen (secondary N) is 2. The van der Waals surface area contributed by atoms with Gasteiger partial charge in [0.05, 0.1) is 13.2 Å². The van der Waals surface area contributed by atoms with Gasteiger partial charge < -0.3 is 20.5 Å². The number of aliphatic carboxylic acids is 1. The first-order valence-electron chi connectivity index (χ1n) is 6.40. The van der Waals surface area contributed by atoms with E-state index in [1.165, 1.54) is 0 Å². The van der Waals surface area contributed by atoms with E-state index in [9.17, 15) is 9.59 Å². The van der Waals surface area contributed by atoms with Crippen molar-refractivity contribution in [2.24, 2.45) is 0 Å². The fraction of sp³-hybridized carbons (Fsp3) is 0.833. The molecule has 1 heterocycles. The molecule has 0 bridgehead atoms. The number of carbonyl (C=O) groups is 2. The Kier molecular flexibility index (Phi) is 6.67. The van der Waals surface area contributed by atoms with Gasteiger partial charge in [-0.05, 0) is 19.8 Å². The number of carboxylic acids is 1. The highest BCUT2D eigenvalue weighted by molar-refractivity contribution is 5.76. The van der Waals surface area contributed by atoms with Crippen molar-refractivity contribution >= 4 is 11.9 Å². The second-order valence-corrected chi connectivity index (χ2v) is 4.68. The molecule has 3 N–H and O–H groups in total. The molecule has 0 saturated carbocycles. The van der Waals surface area contributed by atoms with Crippen LogP contribution in [0.1, 0.15) is 32.6 Å². The van der Waals surface area contributed by atoms with E-state index in [4.69, 9.17) is 9.84 Å². The SMILES string of the molecule is CC(CCCC(=O)O)NC(=O)CC1COCCN1. The maximum atomic E-state index is 11.7. The Bertz CT molecular complexity index is 277. The molecule has 1 aliphatic rings. The lowest BCUT2D eigenvalue weighted by molar-refractivity contribution is -0.137. The van der Waals surface area contributed by atoms with E-state index < -0.39 is 5.97 Å². The van der Waals surface area contributed by atoms with E-state index in [1.54, 1.807) is 0 Å². The maximum absolute atomic E-state index is 11.7. The summed E-state index contributed by atoms with van der Waals surface area (Å²) in [7, 11) is 0. The van der Waals surface area contributed by atoms with Crippen LogP contribution in [-0.4, -0.2) is 48.8 Å². The molecule has 1 aliphatic heterocycles. The smallest absolute Gasteiger partial charge is 0.303 e. The minimum atomic E-state index is -0.794. The van der Waals surface area contributed by atoms with Crippen LogP contribution in [0.2, 0.25) is 0 Å². The van der Waals surface area contributed by atoms with E-state index in [1.807, 2.05) is 6.92 Å². The molecule has 0 spiro atoms. The number of hydrogen-bond donors (Lipinski definition) is 3. The van der Waals surface area contributed by atoms with Crippen LogP contribution in [0.3, 0.4) is 0 Å². The van der Waals surface area contributed by atoms with Gasteiger partial charge in [-0.15, -0.1) is 0 Å². The van der Waals surface area contributed by atoms with Crippen molar-refractivity contribution in [3.8, 4) is 0 Å². The summed E-state index contributed by atoms with van der Waals surface area (Å²) >= 11 is 0. The van der Waals surface area contributed by atoms with Crippen LogP contribution >= 0.6 is 0 Å². The van der Waals surface area contributed by atoms with Crippen molar-refractivity contribution in [2.45, 2.75) is 44.7 Å². The highest BCUT2D eigenvalue weighted by Crippen LogP contribution is 2.03. The van der Waals surface area contributed by atoms with Gasteiger partial charge in [-0.25, -0.2) is 0 Å². The molecule has 104 valence electrons. The summed E-state index contributed by atoms with van der Waals surface area (Å²) in [5.74, 6) is -0.807. The zero-order valence-electron chi connectivity index (χ0n) is 10.8. The molecule has 1 fully saturated rings. The molecule has 0 aromatic heterocycles. The topological polar surface area (TPSA) is 87.7 Å². The number of ether oxygens (including phenoxy) is 1. The van der Waals surface area contributed by atoms with Gasteiger partial charge in [-0.1, -0.05) is 0 Å². The van der Waals surface area contributed by atoms with Crippen LogP contribution in [0.25, 0.3) is 0 Å². The van der Waals surface area contributed by atoms with Gasteiger partial charge in [-0.2, -0.15) is 0 Å². The average Bonchev–Trinajstić information content (AvgIpc) is 2.29. The molecule has 1 saturated heterocycles. The fourth-order valence-corrected chi connectivity index (χ4v) is 1.94. The predicted molar refractivity (Wildman–Crippen MR) is 66.3 cm³/mol. The first-order valence-corrected chi connectivity index (χ1v) is 6.40. The van der Waals surface area contributed by atoms with Gasteiger partial charge in [0.25, 0.3) is 0 Å². The number of carboxylic acid groups (broad SMARTS) is 1. The standard InChI is InChI=1S/C12H22N2O4/c1-9(3-2-4-12(16)17)14-11(15)7-10-8-18-6-5-13-10/h9-10,13H,2-8H2,1H3,(H,14,15)(H,16,17). The third-order valence-corrected chi connectivity index (χ3v) is 2.87. The molecule has 1 amide bonds. The van der Waals surface area contributed by atoms with Crippen LogP contribution in [-0.2, 0) is 14.3 Å². The van der Waals surface area contributed by atoms with Crippen LogP contribution in [0.4, 0.5) is 0 Å². The molecular weight excluding hydrogens is 236 g/mol. The molecule has 0 aliphatic carbocycles. The highest BCUT2D eigenvalue weighted by atomic mass is 16.5. The zero-order valence-corrected chi connectivity index (χ0v) is 10.8. The van der Waals surface area contributed by atoms with Crippen molar-refractivity contribution < 1.29 is 19.4 Å². The molecule has 0 aromatic carbocycles. The van der Waals surface area contributed by atoms with Crippen LogP contribution in [0.15, 0.2) is 0 Å². The molecule has 2 atom stereocenters. The molecule has 1 rings (SSSR count). The Morgan fingerprint density at radius 3 is 2.94 bits per heavy atom. The summed E-state index contributed by atoms with van der Waals surface area (Å²) in [6.07, 6.45) is 1.83. The normalized spacial score (nSPS) is 21.3. The van der Waals surface area contributed by atoms with Gasteiger partial charge in [0.2, 0.25) is 5.91 Å². The van der Waals surface area contributed by atoms with Gasteiger partial charge in [0, 0.05) is 31.5 Å². The van der Waals surface area contributed by atoms with Crippen molar-refractivity contribution in [2.75, 3.05) is 19.8 Å². The molecule has 18 heavy (non-hydrogen) atoms. The van der Waals surface area contributed by atoms with Gasteiger partial charge in [0.1, 0.15) is 0 Å². The van der Waals surface area contributed by atoms with Crippen molar-refractivity contribution in [3.63, 3.8) is 0 Å². The monoisotopic (exact) mass is 258 g/mol.